The number of nitrogens with one attached hydrogen (secondary N) is 1. The van der Waals surface area contributed by atoms with E-state index in [2.05, 4.69) is 36.3 Å². The topological polar surface area (TPSA) is 42.3 Å². The van der Waals surface area contributed by atoms with E-state index in [0.717, 1.165) is 38.3 Å². The minimum Gasteiger partial charge on any atom is -0.493 e. The first-order valence-electron chi connectivity index (χ1n) is 6.13. The van der Waals surface area contributed by atoms with E-state index in [1.807, 2.05) is 4.68 Å². The van der Waals surface area contributed by atoms with Crippen LogP contribution in [0.5, 0.6) is 5.75 Å². The van der Waals surface area contributed by atoms with Crippen LogP contribution in [0.1, 0.15) is 12.6 Å². The Hall–Kier alpha value is -1.07. The molecule has 0 spiro atoms. The van der Waals surface area contributed by atoms with Crippen LogP contribution >= 0.6 is 0 Å². The number of rotatable bonds is 8. The Kier molecular flexibility index (Phi) is 6.00. The van der Waals surface area contributed by atoms with Crippen molar-refractivity contribution < 1.29 is 4.74 Å². The third-order valence-electron chi connectivity index (χ3n) is 2.68. The molecule has 0 aliphatic carbocycles. The summed E-state index contributed by atoms with van der Waals surface area (Å²) in [6, 6.07) is 0. The lowest BCUT2D eigenvalue weighted by Gasteiger charge is -2.12. The van der Waals surface area contributed by atoms with Crippen molar-refractivity contribution in [1.29, 1.82) is 0 Å². The largest absolute Gasteiger partial charge is 0.493 e. The lowest BCUT2D eigenvalue weighted by molar-refractivity contribution is 0.365. The van der Waals surface area contributed by atoms with Gasteiger partial charge in [0.2, 0.25) is 0 Å². The van der Waals surface area contributed by atoms with E-state index in [1.54, 1.807) is 13.3 Å². The van der Waals surface area contributed by atoms with Gasteiger partial charge in [-0.25, -0.2) is 0 Å². The lowest BCUT2D eigenvalue weighted by Crippen LogP contribution is -2.22. The number of likely N-dealkylation sites (N-methyl/N-ethyl adjacent to an activating group) is 2. The van der Waals surface area contributed by atoms with Gasteiger partial charge in [-0.2, -0.15) is 5.10 Å². The molecule has 0 fully saturated rings. The van der Waals surface area contributed by atoms with Crippen LogP contribution in [0.25, 0.3) is 0 Å². The van der Waals surface area contributed by atoms with Gasteiger partial charge >= 0.3 is 0 Å². The molecule has 0 atom stereocenters. The highest BCUT2D eigenvalue weighted by Crippen LogP contribution is 2.17. The fourth-order valence-electron chi connectivity index (χ4n) is 1.69. The molecule has 1 heterocycles. The summed E-state index contributed by atoms with van der Waals surface area (Å²) in [5, 5.41) is 7.70. The molecule has 0 unspecified atom stereocenters. The maximum atomic E-state index is 5.34. The average Bonchev–Trinajstić information content (AvgIpc) is 2.69. The van der Waals surface area contributed by atoms with Gasteiger partial charge in [-0.3, -0.25) is 4.68 Å². The molecule has 0 aromatic carbocycles. The van der Waals surface area contributed by atoms with Crippen molar-refractivity contribution in [1.82, 2.24) is 20.0 Å². The first kappa shape index (κ1) is 14.0. The zero-order valence-corrected chi connectivity index (χ0v) is 11.4. The second kappa shape index (κ2) is 7.29. The molecule has 1 rings (SSSR count). The van der Waals surface area contributed by atoms with E-state index >= 15 is 0 Å². The molecule has 5 heteroatoms. The summed E-state index contributed by atoms with van der Waals surface area (Å²) in [6.45, 7) is 5.95. The first-order chi connectivity index (χ1) is 8.19. The molecule has 0 radical (unpaired) electrons. The van der Waals surface area contributed by atoms with Gasteiger partial charge in [0.1, 0.15) is 0 Å². The summed E-state index contributed by atoms with van der Waals surface area (Å²) in [7, 11) is 5.84. The number of hydrogen-bond donors (Lipinski definition) is 1. The maximum Gasteiger partial charge on any atom is 0.159 e. The number of ether oxygens (including phenoxy) is 1. The number of methoxy groups -OCH3 is 1. The Morgan fingerprint density at radius 2 is 2.24 bits per heavy atom. The van der Waals surface area contributed by atoms with Crippen LogP contribution in [0.15, 0.2) is 6.20 Å². The summed E-state index contributed by atoms with van der Waals surface area (Å²) in [6.07, 6.45) is 2.75. The fraction of sp³-hybridized carbons (Fsp3) is 0.750. The van der Waals surface area contributed by atoms with Gasteiger partial charge in [0, 0.05) is 19.5 Å². The van der Waals surface area contributed by atoms with Gasteiger partial charge in [0.05, 0.1) is 25.5 Å². The Morgan fingerprint density at radius 3 is 2.82 bits per heavy atom. The van der Waals surface area contributed by atoms with Gasteiger partial charge in [-0.05, 0) is 20.6 Å². The van der Waals surface area contributed by atoms with E-state index in [1.165, 1.54) is 5.69 Å². The predicted molar refractivity (Wildman–Crippen MR) is 69.6 cm³/mol. The molecule has 1 aromatic heterocycles. The smallest absolute Gasteiger partial charge is 0.159 e. The van der Waals surface area contributed by atoms with E-state index in [-0.39, 0.29) is 0 Å². The van der Waals surface area contributed by atoms with Gasteiger partial charge < -0.3 is 15.0 Å². The van der Waals surface area contributed by atoms with Crippen LogP contribution in [-0.2, 0) is 13.0 Å². The third kappa shape index (κ3) is 4.36. The van der Waals surface area contributed by atoms with Gasteiger partial charge in [0.15, 0.2) is 5.75 Å². The van der Waals surface area contributed by atoms with Crippen molar-refractivity contribution in [2.24, 2.45) is 0 Å². The summed E-state index contributed by atoms with van der Waals surface area (Å²) < 4.78 is 7.38. The molecule has 0 saturated carbocycles. The minimum absolute atomic E-state index is 0.890. The molecular weight excluding hydrogens is 216 g/mol. The van der Waals surface area contributed by atoms with E-state index < -0.39 is 0 Å². The molecular formula is C12H24N4O. The normalized spacial score (nSPS) is 11.1. The van der Waals surface area contributed by atoms with Gasteiger partial charge in [-0.1, -0.05) is 6.92 Å². The maximum absolute atomic E-state index is 5.34. The summed E-state index contributed by atoms with van der Waals surface area (Å²) in [5.74, 6) is 0.890. The zero-order chi connectivity index (χ0) is 12.7. The standard InChI is InChI=1S/C12H24N4O/c1-5-13-7-6-11-12(17-4)10-14-16(11)9-8-15(2)3/h10,13H,5-9H2,1-4H3. The minimum atomic E-state index is 0.890. The average molecular weight is 240 g/mol. The molecule has 98 valence electrons. The quantitative estimate of drug-likeness (QED) is 0.676. The predicted octanol–water partition coefficient (Wildman–Crippen LogP) is 0.605. The highest BCUT2D eigenvalue weighted by molar-refractivity contribution is 5.25. The first-order valence-corrected chi connectivity index (χ1v) is 6.13. The molecule has 0 aliphatic heterocycles. The van der Waals surface area contributed by atoms with Crippen LogP contribution in [0.2, 0.25) is 0 Å². The van der Waals surface area contributed by atoms with Crippen molar-refractivity contribution in [2.75, 3.05) is 40.8 Å². The van der Waals surface area contributed by atoms with E-state index in [4.69, 9.17) is 4.74 Å². The number of nitrogens with zero attached hydrogens (tertiary/aromatic N) is 3. The van der Waals surface area contributed by atoms with Crippen molar-refractivity contribution >= 4 is 0 Å². The van der Waals surface area contributed by atoms with E-state index in [0.29, 0.717) is 0 Å². The highest BCUT2D eigenvalue weighted by Gasteiger charge is 2.10. The Labute approximate surface area is 104 Å². The second-order valence-electron chi connectivity index (χ2n) is 4.29. The fourth-order valence-corrected chi connectivity index (χ4v) is 1.69. The molecule has 5 nitrogen and oxygen atoms in total. The monoisotopic (exact) mass is 240 g/mol. The van der Waals surface area contributed by atoms with Crippen LogP contribution < -0.4 is 10.1 Å². The Balaban J connectivity index is 2.64. The number of aromatic nitrogens is 2. The Morgan fingerprint density at radius 1 is 1.47 bits per heavy atom. The lowest BCUT2D eigenvalue weighted by atomic mass is 10.3. The van der Waals surface area contributed by atoms with Crippen LogP contribution in [0.4, 0.5) is 0 Å². The van der Waals surface area contributed by atoms with Crippen molar-refractivity contribution in [3.05, 3.63) is 11.9 Å². The Bertz CT molecular complexity index is 322. The SMILES string of the molecule is CCNCCc1c(OC)cnn1CCN(C)C. The molecule has 0 bridgehead atoms. The van der Waals surface area contributed by atoms with Crippen LogP contribution in [0, 0.1) is 0 Å². The van der Waals surface area contributed by atoms with Crippen molar-refractivity contribution in [2.45, 2.75) is 19.9 Å². The zero-order valence-electron chi connectivity index (χ0n) is 11.4. The summed E-state index contributed by atoms with van der Waals surface area (Å²) in [5.41, 5.74) is 1.18. The highest BCUT2D eigenvalue weighted by atomic mass is 16.5. The third-order valence-corrected chi connectivity index (χ3v) is 2.68. The van der Waals surface area contributed by atoms with Crippen molar-refractivity contribution in [3.8, 4) is 5.75 Å². The van der Waals surface area contributed by atoms with Crippen LogP contribution in [-0.4, -0.2) is 55.5 Å². The summed E-state index contributed by atoms with van der Waals surface area (Å²) >= 11 is 0. The second-order valence-corrected chi connectivity index (χ2v) is 4.29. The molecule has 1 N–H and O–H groups in total. The van der Waals surface area contributed by atoms with Crippen molar-refractivity contribution in [3.63, 3.8) is 0 Å². The van der Waals surface area contributed by atoms with Crippen LogP contribution in [0.3, 0.4) is 0 Å². The van der Waals surface area contributed by atoms with E-state index in [9.17, 15) is 0 Å². The molecule has 1 aromatic rings. The molecule has 0 aliphatic rings. The number of hydrogen-bond acceptors (Lipinski definition) is 4. The van der Waals surface area contributed by atoms with Gasteiger partial charge in [0.25, 0.3) is 0 Å². The summed E-state index contributed by atoms with van der Waals surface area (Å²) in [4.78, 5) is 2.15. The van der Waals surface area contributed by atoms with Gasteiger partial charge in [-0.15, -0.1) is 0 Å². The molecule has 0 amide bonds. The molecule has 17 heavy (non-hydrogen) atoms. The molecule has 0 saturated heterocycles.